The van der Waals surface area contributed by atoms with Crippen LogP contribution >= 0.6 is 15.9 Å². The Hall–Kier alpha value is -1.55. The average Bonchev–Trinajstić information content (AvgIpc) is 3.23. The number of hydrogen-bond donors (Lipinski definition) is 1. The van der Waals surface area contributed by atoms with Crippen molar-refractivity contribution in [2.45, 2.75) is 32.4 Å². The van der Waals surface area contributed by atoms with E-state index >= 15 is 0 Å². The second kappa shape index (κ2) is 5.44. The molecule has 0 amide bonds. The van der Waals surface area contributed by atoms with Crippen LogP contribution in [0.4, 0.5) is 11.5 Å². The Labute approximate surface area is 127 Å². The molecule has 104 valence electrons. The summed E-state index contributed by atoms with van der Waals surface area (Å²) in [5.41, 5.74) is 9.29. The zero-order chi connectivity index (χ0) is 14.1. The third-order valence-electron chi connectivity index (χ3n) is 3.67. The van der Waals surface area contributed by atoms with Gasteiger partial charge in [-0.15, -0.1) is 0 Å². The van der Waals surface area contributed by atoms with Crippen LogP contribution in [0, 0.1) is 6.92 Å². The Balaban J connectivity index is 1.92. The maximum absolute atomic E-state index is 6.08. The standard InChI is InChI=1S/C16H18BrN3/c1-11-8-13(17)9-19-16(11)20(14-6-7-14)10-12-4-2-3-5-15(12)18/h2-5,8-9,14H,6-7,10,18H2,1H3. The average molecular weight is 332 g/mol. The number of aromatic nitrogens is 1. The van der Waals surface area contributed by atoms with E-state index < -0.39 is 0 Å². The molecule has 1 aromatic heterocycles. The zero-order valence-corrected chi connectivity index (χ0v) is 13.1. The highest BCUT2D eigenvalue weighted by Crippen LogP contribution is 2.34. The van der Waals surface area contributed by atoms with Crippen LogP contribution in [0.25, 0.3) is 0 Å². The molecule has 2 aromatic rings. The molecule has 0 radical (unpaired) electrons. The summed E-state index contributed by atoms with van der Waals surface area (Å²) in [6.45, 7) is 2.93. The van der Waals surface area contributed by atoms with E-state index in [0.717, 1.165) is 22.5 Å². The molecule has 0 saturated heterocycles. The molecule has 4 heteroatoms. The predicted molar refractivity (Wildman–Crippen MR) is 86.7 cm³/mol. The number of pyridine rings is 1. The van der Waals surface area contributed by atoms with Gasteiger partial charge in [-0.25, -0.2) is 4.98 Å². The van der Waals surface area contributed by atoms with Crippen LogP contribution in [0.5, 0.6) is 0 Å². The largest absolute Gasteiger partial charge is 0.398 e. The van der Waals surface area contributed by atoms with Crippen molar-refractivity contribution in [2.24, 2.45) is 0 Å². The van der Waals surface area contributed by atoms with Gasteiger partial charge in [0.1, 0.15) is 5.82 Å². The van der Waals surface area contributed by atoms with E-state index in [1.165, 1.54) is 24.0 Å². The molecule has 1 aromatic carbocycles. The van der Waals surface area contributed by atoms with Gasteiger partial charge in [-0.05, 0) is 59.0 Å². The van der Waals surface area contributed by atoms with Gasteiger partial charge in [0.15, 0.2) is 0 Å². The van der Waals surface area contributed by atoms with Crippen molar-refractivity contribution in [2.75, 3.05) is 10.6 Å². The summed E-state index contributed by atoms with van der Waals surface area (Å²) in [7, 11) is 0. The number of benzene rings is 1. The number of rotatable bonds is 4. The summed E-state index contributed by atoms with van der Waals surface area (Å²) in [4.78, 5) is 6.99. The summed E-state index contributed by atoms with van der Waals surface area (Å²) >= 11 is 3.48. The molecule has 3 rings (SSSR count). The molecule has 0 spiro atoms. The SMILES string of the molecule is Cc1cc(Br)cnc1N(Cc1ccccc1N)C1CC1. The molecule has 1 heterocycles. The fourth-order valence-electron chi connectivity index (χ4n) is 2.46. The third kappa shape index (κ3) is 2.80. The van der Waals surface area contributed by atoms with Gasteiger partial charge in [0.05, 0.1) is 0 Å². The number of anilines is 2. The maximum atomic E-state index is 6.08. The monoisotopic (exact) mass is 331 g/mol. The Morgan fingerprint density at radius 3 is 2.75 bits per heavy atom. The van der Waals surface area contributed by atoms with Gasteiger partial charge in [0.25, 0.3) is 0 Å². The molecule has 1 aliphatic carbocycles. The van der Waals surface area contributed by atoms with Crippen LogP contribution in [0.2, 0.25) is 0 Å². The van der Waals surface area contributed by atoms with Crippen molar-refractivity contribution in [1.82, 2.24) is 4.98 Å². The Kier molecular flexibility index (Phi) is 3.66. The van der Waals surface area contributed by atoms with Crippen molar-refractivity contribution in [3.63, 3.8) is 0 Å². The summed E-state index contributed by atoms with van der Waals surface area (Å²) in [6, 6.07) is 10.8. The minimum atomic E-state index is 0.599. The first-order chi connectivity index (χ1) is 9.65. The number of nitrogens with two attached hydrogens (primary N) is 1. The zero-order valence-electron chi connectivity index (χ0n) is 11.5. The quantitative estimate of drug-likeness (QED) is 0.864. The minimum absolute atomic E-state index is 0.599. The van der Waals surface area contributed by atoms with Crippen LogP contribution < -0.4 is 10.6 Å². The summed E-state index contributed by atoms with van der Waals surface area (Å²) in [6.07, 6.45) is 4.35. The van der Waals surface area contributed by atoms with Crippen molar-refractivity contribution < 1.29 is 0 Å². The molecule has 1 aliphatic rings. The molecule has 0 unspecified atom stereocenters. The molecular formula is C16H18BrN3. The van der Waals surface area contributed by atoms with Gasteiger partial charge in [-0.3, -0.25) is 0 Å². The van der Waals surface area contributed by atoms with Crippen LogP contribution in [0.15, 0.2) is 41.0 Å². The van der Waals surface area contributed by atoms with Crippen LogP contribution in [-0.4, -0.2) is 11.0 Å². The van der Waals surface area contributed by atoms with E-state index in [-0.39, 0.29) is 0 Å². The molecule has 1 saturated carbocycles. The Morgan fingerprint density at radius 2 is 2.10 bits per heavy atom. The number of nitrogen functional groups attached to an aromatic ring is 1. The molecule has 0 aliphatic heterocycles. The Bertz CT molecular complexity index is 623. The summed E-state index contributed by atoms with van der Waals surface area (Å²) < 4.78 is 1.02. The first kappa shape index (κ1) is 13.4. The first-order valence-electron chi connectivity index (χ1n) is 6.87. The highest BCUT2D eigenvalue weighted by molar-refractivity contribution is 9.10. The van der Waals surface area contributed by atoms with E-state index in [4.69, 9.17) is 5.73 Å². The van der Waals surface area contributed by atoms with Crippen LogP contribution in [0.1, 0.15) is 24.0 Å². The van der Waals surface area contributed by atoms with Gasteiger partial charge < -0.3 is 10.6 Å². The molecule has 3 nitrogen and oxygen atoms in total. The fourth-order valence-corrected chi connectivity index (χ4v) is 2.90. The van der Waals surface area contributed by atoms with Gasteiger partial charge in [-0.1, -0.05) is 18.2 Å². The third-order valence-corrected chi connectivity index (χ3v) is 4.11. The van der Waals surface area contributed by atoms with E-state index in [1.807, 2.05) is 24.4 Å². The second-order valence-corrected chi connectivity index (χ2v) is 6.27. The molecule has 1 fully saturated rings. The van der Waals surface area contributed by atoms with Crippen molar-refractivity contribution in [1.29, 1.82) is 0 Å². The lowest BCUT2D eigenvalue weighted by molar-refractivity contribution is 0.775. The van der Waals surface area contributed by atoms with Gasteiger partial charge in [0.2, 0.25) is 0 Å². The lowest BCUT2D eigenvalue weighted by Crippen LogP contribution is -2.27. The number of hydrogen-bond acceptors (Lipinski definition) is 3. The van der Waals surface area contributed by atoms with E-state index in [9.17, 15) is 0 Å². The minimum Gasteiger partial charge on any atom is -0.398 e. The Morgan fingerprint density at radius 1 is 1.35 bits per heavy atom. The molecule has 20 heavy (non-hydrogen) atoms. The highest BCUT2D eigenvalue weighted by atomic mass is 79.9. The molecule has 0 atom stereocenters. The molecular weight excluding hydrogens is 314 g/mol. The van der Waals surface area contributed by atoms with Gasteiger partial charge in [0, 0.05) is 28.9 Å². The topological polar surface area (TPSA) is 42.2 Å². The number of aryl methyl sites for hydroxylation is 1. The molecule has 2 N–H and O–H groups in total. The molecule has 0 bridgehead atoms. The van der Waals surface area contributed by atoms with E-state index in [0.29, 0.717) is 6.04 Å². The normalized spacial score (nSPS) is 14.3. The number of para-hydroxylation sites is 1. The predicted octanol–water partition coefficient (Wildman–Crippen LogP) is 3.90. The van der Waals surface area contributed by atoms with Crippen LogP contribution in [0.3, 0.4) is 0 Å². The van der Waals surface area contributed by atoms with Gasteiger partial charge in [-0.2, -0.15) is 0 Å². The number of nitrogens with zero attached hydrogens (tertiary/aromatic N) is 2. The lowest BCUT2D eigenvalue weighted by atomic mass is 10.1. The van der Waals surface area contributed by atoms with E-state index in [2.05, 4.69) is 44.9 Å². The smallest absolute Gasteiger partial charge is 0.132 e. The summed E-state index contributed by atoms with van der Waals surface area (Å²) in [5, 5.41) is 0. The highest BCUT2D eigenvalue weighted by Gasteiger charge is 2.31. The first-order valence-corrected chi connectivity index (χ1v) is 7.66. The van der Waals surface area contributed by atoms with Gasteiger partial charge >= 0.3 is 0 Å². The van der Waals surface area contributed by atoms with Crippen molar-refractivity contribution in [3.8, 4) is 0 Å². The fraction of sp³-hybridized carbons (Fsp3) is 0.312. The van der Waals surface area contributed by atoms with Crippen molar-refractivity contribution in [3.05, 3.63) is 52.1 Å². The second-order valence-electron chi connectivity index (χ2n) is 5.35. The van der Waals surface area contributed by atoms with Crippen molar-refractivity contribution >= 4 is 27.4 Å². The van der Waals surface area contributed by atoms with E-state index in [1.54, 1.807) is 0 Å². The number of halogens is 1. The van der Waals surface area contributed by atoms with Crippen LogP contribution in [-0.2, 0) is 6.54 Å². The maximum Gasteiger partial charge on any atom is 0.132 e. The lowest BCUT2D eigenvalue weighted by Gasteiger charge is -2.26. The summed E-state index contributed by atoms with van der Waals surface area (Å²) in [5.74, 6) is 1.07.